The number of H-pyrrole nitrogens is 1. The summed E-state index contributed by atoms with van der Waals surface area (Å²) in [6.07, 6.45) is 3.93. The highest BCUT2D eigenvalue weighted by Crippen LogP contribution is 2.40. The minimum absolute atomic E-state index is 0.123. The van der Waals surface area contributed by atoms with E-state index < -0.39 is 0 Å². The second-order valence-electron chi connectivity index (χ2n) is 10.2. The van der Waals surface area contributed by atoms with Gasteiger partial charge >= 0.3 is 6.03 Å². The van der Waals surface area contributed by atoms with Crippen LogP contribution in [0.2, 0.25) is 0 Å². The van der Waals surface area contributed by atoms with Crippen LogP contribution in [0.15, 0.2) is 30.3 Å². The lowest BCUT2D eigenvalue weighted by atomic mass is 9.91. The van der Waals surface area contributed by atoms with Gasteiger partial charge in [-0.05, 0) is 86.4 Å². The third kappa shape index (κ3) is 3.63. The fourth-order valence-corrected chi connectivity index (χ4v) is 6.27. The van der Waals surface area contributed by atoms with Crippen LogP contribution in [0.25, 0.3) is 22.2 Å². The number of aliphatic hydroxyl groups excluding tert-OH is 1. The molecule has 178 valence electrons. The van der Waals surface area contributed by atoms with E-state index in [1.165, 1.54) is 0 Å². The molecule has 2 saturated heterocycles. The number of piperidine rings is 1. The smallest absolute Gasteiger partial charge is 0.320 e. The quantitative estimate of drug-likeness (QED) is 0.594. The van der Waals surface area contributed by atoms with Gasteiger partial charge in [0.05, 0.1) is 24.1 Å². The monoisotopic (exact) mass is 460 g/mol. The summed E-state index contributed by atoms with van der Waals surface area (Å²) in [5.74, 6) is 2.14. The fourth-order valence-electron chi connectivity index (χ4n) is 6.27. The number of nitrogens with zero attached hydrogens (tertiary/aromatic N) is 3. The first-order chi connectivity index (χ1) is 16.5. The molecule has 2 fully saturated rings. The molecule has 3 aliphatic rings. The Morgan fingerprint density at radius 3 is 2.71 bits per heavy atom. The number of hydrogen-bond donors (Lipinski definition) is 2. The molecule has 7 heteroatoms. The fraction of sp³-hybridized carbons (Fsp3) is 0.481. The van der Waals surface area contributed by atoms with Crippen molar-refractivity contribution in [1.29, 1.82) is 0 Å². The maximum absolute atomic E-state index is 13.7. The summed E-state index contributed by atoms with van der Waals surface area (Å²) >= 11 is 0. The number of nitrogens with one attached hydrogen (secondary N) is 1. The maximum atomic E-state index is 13.7. The molecule has 2 N–H and O–H groups in total. The van der Waals surface area contributed by atoms with E-state index in [4.69, 9.17) is 4.74 Å². The lowest BCUT2D eigenvalue weighted by Gasteiger charge is -2.40. The molecular formula is C27H32N4O3. The van der Waals surface area contributed by atoms with Gasteiger partial charge in [-0.3, -0.25) is 0 Å². The Hall–Kier alpha value is -3.06. The van der Waals surface area contributed by atoms with E-state index in [2.05, 4.69) is 46.1 Å². The number of fused-ring (bicyclic) bond motifs is 4. The second kappa shape index (κ2) is 8.31. The minimum Gasteiger partial charge on any atom is -0.491 e. The van der Waals surface area contributed by atoms with Crippen molar-refractivity contribution >= 4 is 17.1 Å². The van der Waals surface area contributed by atoms with E-state index in [-0.39, 0.29) is 24.7 Å². The van der Waals surface area contributed by atoms with Gasteiger partial charge < -0.3 is 24.6 Å². The molecule has 0 aliphatic carbocycles. The summed E-state index contributed by atoms with van der Waals surface area (Å²) in [6.45, 7) is 5.91. The minimum atomic E-state index is 0.123. The van der Waals surface area contributed by atoms with Gasteiger partial charge in [0, 0.05) is 24.3 Å². The predicted octanol–water partition coefficient (Wildman–Crippen LogP) is 4.40. The number of hydrogen-bond acceptors (Lipinski definition) is 4. The molecule has 2 aromatic carbocycles. The van der Waals surface area contributed by atoms with Gasteiger partial charge in [-0.1, -0.05) is 6.07 Å². The van der Waals surface area contributed by atoms with Crippen molar-refractivity contribution in [1.82, 2.24) is 19.8 Å². The van der Waals surface area contributed by atoms with E-state index in [0.717, 1.165) is 70.5 Å². The van der Waals surface area contributed by atoms with Crippen LogP contribution in [-0.2, 0) is 6.54 Å². The molecule has 2 unspecified atom stereocenters. The van der Waals surface area contributed by atoms with Gasteiger partial charge in [-0.15, -0.1) is 0 Å². The SMILES string of the molecule is Cc1nc2ccc(-c3cc(C)c4c(c3)CN(C(=O)N3C5CCC3CC(CO)C5)CCO4)cc2[nH]1. The Labute approximate surface area is 199 Å². The highest BCUT2D eigenvalue weighted by molar-refractivity contribution is 5.83. The first-order valence-corrected chi connectivity index (χ1v) is 12.4. The number of benzene rings is 2. The first kappa shape index (κ1) is 21.5. The van der Waals surface area contributed by atoms with Gasteiger partial charge in [-0.2, -0.15) is 0 Å². The van der Waals surface area contributed by atoms with E-state index in [9.17, 15) is 9.90 Å². The summed E-state index contributed by atoms with van der Waals surface area (Å²) in [4.78, 5) is 25.6. The average Bonchev–Trinajstić information content (AvgIpc) is 3.22. The molecule has 0 radical (unpaired) electrons. The van der Waals surface area contributed by atoms with Crippen LogP contribution in [-0.4, -0.2) is 62.7 Å². The van der Waals surface area contributed by atoms with Gasteiger partial charge in [0.1, 0.15) is 18.2 Å². The number of amides is 2. The number of aromatic amines is 1. The Balaban J connectivity index is 1.29. The van der Waals surface area contributed by atoms with Gasteiger partial charge in [-0.25, -0.2) is 9.78 Å². The van der Waals surface area contributed by atoms with Crippen LogP contribution in [0, 0.1) is 19.8 Å². The molecule has 3 aliphatic heterocycles. The molecule has 7 nitrogen and oxygen atoms in total. The van der Waals surface area contributed by atoms with Crippen LogP contribution < -0.4 is 4.74 Å². The number of imidazole rings is 1. The lowest BCUT2D eigenvalue weighted by Crippen LogP contribution is -2.52. The van der Waals surface area contributed by atoms with Crippen molar-refractivity contribution in [2.75, 3.05) is 19.8 Å². The molecule has 34 heavy (non-hydrogen) atoms. The molecule has 4 heterocycles. The molecule has 0 saturated carbocycles. The molecule has 2 atom stereocenters. The highest BCUT2D eigenvalue weighted by Gasteiger charge is 2.44. The van der Waals surface area contributed by atoms with Crippen molar-refractivity contribution < 1.29 is 14.6 Å². The van der Waals surface area contributed by atoms with Gasteiger partial charge in [0.15, 0.2) is 0 Å². The Morgan fingerprint density at radius 1 is 1.15 bits per heavy atom. The second-order valence-corrected chi connectivity index (χ2v) is 10.2. The third-order valence-electron chi connectivity index (χ3n) is 7.83. The maximum Gasteiger partial charge on any atom is 0.320 e. The number of carbonyl (C=O) groups is 1. The number of aryl methyl sites for hydroxylation is 2. The zero-order valence-electron chi connectivity index (χ0n) is 19.9. The average molecular weight is 461 g/mol. The number of urea groups is 1. The van der Waals surface area contributed by atoms with Crippen LogP contribution >= 0.6 is 0 Å². The predicted molar refractivity (Wildman–Crippen MR) is 131 cm³/mol. The third-order valence-corrected chi connectivity index (χ3v) is 7.83. The lowest BCUT2D eigenvalue weighted by molar-refractivity contribution is 0.0715. The summed E-state index contributed by atoms with van der Waals surface area (Å²) < 4.78 is 6.15. The largest absolute Gasteiger partial charge is 0.491 e. The molecule has 3 aromatic rings. The standard InChI is InChI=1S/C27H32N4O3/c1-16-9-20(19-3-6-24-25(13-19)29-17(2)28-24)12-21-14-30(7-8-34-26(16)21)27(33)31-22-4-5-23(31)11-18(10-22)15-32/h3,6,9,12-13,18,22-23,32H,4-5,7-8,10-11,14-15H2,1-2H3,(H,28,29). The zero-order chi connectivity index (χ0) is 23.4. The van der Waals surface area contributed by atoms with E-state index >= 15 is 0 Å². The van der Waals surface area contributed by atoms with Crippen LogP contribution in [0.5, 0.6) is 5.75 Å². The van der Waals surface area contributed by atoms with E-state index in [1.807, 2.05) is 17.9 Å². The first-order valence-electron chi connectivity index (χ1n) is 12.4. The summed E-state index contributed by atoms with van der Waals surface area (Å²) in [6, 6.07) is 11.3. The molecular weight excluding hydrogens is 428 g/mol. The number of aliphatic hydroxyl groups is 1. The number of aromatic nitrogens is 2. The molecule has 6 rings (SSSR count). The van der Waals surface area contributed by atoms with Crippen LogP contribution in [0.3, 0.4) is 0 Å². The van der Waals surface area contributed by atoms with Crippen molar-refractivity contribution in [2.45, 2.75) is 58.2 Å². The van der Waals surface area contributed by atoms with E-state index in [1.54, 1.807) is 0 Å². The van der Waals surface area contributed by atoms with Crippen molar-refractivity contribution in [3.05, 3.63) is 47.3 Å². The summed E-state index contributed by atoms with van der Waals surface area (Å²) in [5.41, 5.74) is 6.37. The van der Waals surface area contributed by atoms with E-state index in [0.29, 0.717) is 25.6 Å². The molecule has 2 bridgehead atoms. The number of rotatable bonds is 2. The van der Waals surface area contributed by atoms with Crippen molar-refractivity contribution in [3.63, 3.8) is 0 Å². The molecule has 1 aromatic heterocycles. The van der Waals surface area contributed by atoms with Crippen LogP contribution in [0.1, 0.15) is 42.6 Å². The summed E-state index contributed by atoms with van der Waals surface area (Å²) in [5, 5.41) is 9.64. The molecule has 0 spiro atoms. The summed E-state index contributed by atoms with van der Waals surface area (Å²) in [7, 11) is 0. The highest BCUT2D eigenvalue weighted by atomic mass is 16.5. The number of ether oxygens (including phenoxy) is 1. The molecule has 2 amide bonds. The Bertz CT molecular complexity index is 1240. The topological polar surface area (TPSA) is 81.7 Å². The Morgan fingerprint density at radius 2 is 1.94 bits per heavy atom. The number of carbonyl (C=O) groups excluding carboxylic acids is 1. The van der Waals surface area contributed by atoms with Crippen LogP contribution in [0.4, 0.5) is 4.79 Å². The van der Waals surface area contributed by atoms with Crippen molar-refractivity contribution in [2.24, 2.45) is 5.92 Å². The Kier molecular flexibility index (Phi) is 5.25. The zero-order valence-corrected chi connectivity index (χ0v) is 19.9. The normalized spacial score (nSPS) is 24.1. The van der Waals surface area contributed by atoms with Gasteiger partial charge in [0.2, 0.25) is 0 Å². The van der Waals surface area contributed by atoms with Crippen molar-refractivity contribution in [3.8, 4) is 16.9 Å². The van der Waals surface area contributed by atoms with Gasteiger partial charge in [0.25, 0.3) is 0 Å².